The Morgan fingerprint density at radius 2 is 1.76 bits per heavy atom. The minimum absolute atomic E-state index is 0.0910. The van der Waals surface area contributed by atoms with Crippen LogP contribution in [0.3, 0.4) is 0 Å². The van der Waals surface area contributed by atoms with Crippen molar-refractivity contribution in [3.05, 3.63) is 0 Å². The SMILES string of the molecule is CCC(CC)N(C)C(CN)CC(=O)NC(C)C. The number of rotatable bonds is 8. The molecule has 1 unspecified atom stereocenters. The fourth-order valence-corrected chi connectivity index (χ4v) is 2.15. The van der Waals surface area contributed by atoms with Crippen molar-refractivity contribution in [2.75, 3.05) is 13.6 Å². The number of carbonyl (C=O) groups is 1. The quantitative estimate of drug-likeness (QED) is 0.676. The van der Waals surface area contributed by atoms with Gasteiger partial charge in [-0.15, -0.1) is 0 Å². The van der Waals surface area contributed by atoms with Gasteiger partial charge in [0.2, 0.25) is 5.91 Å². The first-order chi connectivity index (χ1) is 7.96. The highest BCUT2D eigenvalue weighted by atomic mass is 16.1. The Bertz CT molecular complexity index is 215. The van der Waals surface area contributed by atoms with Gasteiger partial charge in [-0.1, -0.05) is 13.8 Å². The van der Waals surface area contributed by atoms with Crippen molar-refractivity contribution in [2.45, 2.75) is 65.1 Å². The van der Waals surface area contributed by atoms with E-state index in [0.29, 0.717) is 19.0 Å². The number of nitrogens with one attached hydrogen (secondary N) is 1. The van der Waals surface area contributed by atoms with Crippen LogP contribution < -0.4 is 11.1 Å². The summed E-state index contributed by atoms with van der Waals surface area (Å²) in [5, 5.41) is 2.92. The van der Waals surface area contributed by atoms with Crippen LogP contribution in [-0.4, -0.2) is 42.5 Å². The fourth-order valence-electron chi connectivity index (χ4n) is 2.15. The molecular formula is C13H29N3O. The average Bonchev–Trinajstić information content (AvgIpc) is 2.26. The Morgan fingerprint density at radius 1 is 1.24 bits per heavy atom. The Kier molecular flexibility index (Phi) is 8.17. The van der Waals surface area contributed by atoms with Gasteiger partial charge in [-0.3, -0.25) is 9.69 Å². The van der Waals surface area contributed by atoms with Gasteiger partial charge in [0.15, 0.2) is 0 Å². The summed E-state index contributed by atoms with van der Waals surface area (Å²) >= 11 is 0. The molecule has 0 spiro atoms. The maximum atomic E-state index is 11.7. The van der Waals surface area contributed by atoms with Crippen LogP contribution in [0.2, 0.25) is 0 Å². The lowest BCUT2D eigenvalue weighted by Crippen LogP contribution is -2.47. The zero-order valence-corrected chi connectivity index (χ0v) is 12.0. The molecule has 102 valence electrons. The summed E-state index contributed by atoms with van der Waals surface area (Å²) in [5.74, 6) is 0.0910. The summed E-state index contributed by atoms with van der Waals surface area (Å²) in [6.45, 7) is 8.82. The molecule has 17 heavy (non-hydrogen) atoms. The average molecular weight is 243 g/mol. The van der Waals surface area contributed by atoms with Gasteiger partial charge in [-0.2, -0.15) is 0 Å². The van der Waals surface area contributed by atoms with E-state index in [-0.39, 0.29) is 18.0 Å². The first kappa shape index (κ1) is 16.4. The van der Waals surface area contributed by atoms with Gasteiger partial charge in [0.25, 0.3) is 0 Å². The van der Waals surface area contributed by atoms with Crippen LogP contribution in [0.25, 0.3) is 0 Å². The number of nitrogens with zero attached hydrogens (tertiary/aromatic N) is 1. The molecule has 0 saturated heterocycles. The van der Waals surface area contributed by atoms with Crippen LogP contribution in [0.1, 0.15) is 47.0 Å². The van der Waals surface area contributed by atoms with E-state index in [2.05, 4.69) is 31.1 Å². The number of nitrogens with two attached hydrogens (primary N) is 1. The number of hydrogen-bond donors (Lipinski definition) is 2. The van der Waals surface area contributed by atoms with Crippen molar-refractivity contribution in [1.29, 1.82) is 0 Å². The van der Waals surface area contributed by atoms with Crippen LogP contribution in [0.4, 0.5) is 0 Å². The maximum Gasteiger partial charge on any atom is 0.221 e. The first-order valence-electron chi connectivity index (χ1n) is 6.67. The highest BCUT2D eigenvalue weighted by Gasteiger charge is 2.22. The van der Waals surface area contributed by atoms with Crippen LogP contribution in [0, 0.1) is 0 Å². The molecule has 0 rings (SSSR count). The molecule has 3 N–H and O–H groups in total. The smallest absolute Gasteiger partial charge is 0.221 e. The second kappa shape index (κ2) is 8.48. The van der Waals surface area contributed by atoms with E-state index in [1.165, 1.54) is 0 Å². The topological polar surface area (TPSA) is 58.4 Å². The second-order valence-electron chi connectivity index (χ2n) is 4.95. The minimum atomic E-state index is 0.0910. The minimum Gasteiger partial charge on any atom is -0.354 e. The third-order valence-electron chi connectivity index (χ3n) is 3.24. The molecule has 4 nitrogen and oxygen atoms in total. The maximum absolute atomic E-state index is 11.7. The second-order valence-corrected chi connectivity index (χ2v) is 4.95. The molecule has 0 aromatic rings. The number of amides is 1. The molecule has 0 aliphatic carbocycles. The van der Waals surface area contributed by atoms with Gasteiger partial charge in [0, 0.05) is 31.1 Å². The first-order valence-corrected chi connectivity index (χ1v) is 6.67. The zero-order chi connectivity index (χ0) is 13.4. The number of likely N-dealkylation sites (N-methyl/N-ethyl adjacent to an activating group) is 1. The number of carbonyl (C=O) groups excluding carboxylic acids is 1. The monoisotopic (exact) mass is 243 g/mol. The molecule has 4 heteroatoms. The predicted octanol–water partition coefficient (Wildman–Crippen LogP) is 1.35. The van der Waals surface area contributed by atoms with Gasteiger partial charge in [0.1, 0.15) is 0 Å². The van der Waals surface area contributed by atoms with E-state index in [0.717, 1.165) is 12.8 Å². The zero-order valence-electron chi connectivity index (χ0n) is 12.0. The third kappa shape index (κ3) is 6.03. The van der Waals surface area contributed by atoms with Gasteiger partial charge >= 0.3 is 0 Å². The highest BCUT2D eigenvalue weighted by Crippen LogP contribution is 2.12. The van der Waals surface area contributed by atoms with Gasteiger partial charge < -0.3 is 11.1 Å². The number of hydrogen-bond acceptors (Lipinski definition) is 3. The van der Waals surface area contributed by atoms with E-state index >= 15 is 0 Å². The van der Waals surface area contributed by atoms with Crippen LogP contribution >= 0.6 is 0 Å². The van der Waals surface area contributed by atoms with Gasteiger partial charge in [-0.05, 0) is 33.7 Å². The molecule has 1 atom stereocenters. The van der Waals surface area contributed by atoms with Gasteiger partial charge in [0.05, 0.1) is 0 Å². The Balaban J connectivity index is 4.35. The van der Waals surface area contributed by atoms with Crippen molar-refractivity contribution in [3.8, 4) is 0 Å². The largest absolute Gasteiger partial charge is 0.354 e. The Morgan fingerprint density at radius 3 is 2.12 bits per heavy atom. The molecule has 0 aliphatic heterocycles. The lowest BCUT2D eigenvalue weighted by molar-refractivity contribution is -0.122. The molecule has 0 radical (unpaired) electrons. The summed E-state index contributed by atoms with van der Waals surface area (Å²) in [7, 11) is 2.07. The summed E-state index contributed by atoms with van der Waals surface area (Å²) in [6, 6.07) is 0.841. The molecule has 0 aliphatic rings. The summed E-state index contributed by atoms with van der Waals surface area (Å²) < 4.78 is 0. The van der Waals surface area contributed by atoms with E-state index in [9.17, 15) is 4.79 Å². The standard InChI is InChI=1S/C13H29N3O/c1-6-11(7-2)16(5)12(9-14)8-13(17)15-10(3)4/h10-12H,6-9,14H2,1-5H3,(H,15,17). The Hall–Kier alpha value is -0.610. The van der Waals surface area contributed by atoms with Crippen molar-refractivity contribution >= 4 is 5.91 Å². The van der Waals surface area contributed by atoms with Crippen LogP contribution in [0.15, 0.2) is 0 Å². The molecule has 0 saturated carbocycles. The Labute approximate surface area is 106 Å². The van der Waals surface area contributed by atoms with Crippen LogP contribution in [-0.2, 0) is 4.79 Å². The van der Waals surface area contributed by atoms with E-state index in [1.54, 1.807) is 0 Å². The lowest BCUT2D eigenvalue weighted by atomic mass is 10.1. The summed E-state index contributed by atoms with van der Waals surface area (Å²) in [5.41, 5.74) is 5.78. The molecule has 1 amide bonds. The van der Waals surface area contributed by atoms with E-state index < -0.39 is 0 Å². The molecule has 0 aromatic heterocycles. The predicted molar refractivity (Wildman–Crippen MR) is 72.9 cm³/mol. The summed E-state index contributed by atoms with van der Waals surface area (Å²) in [6.07, 6.45) is 2.67. The van der Waals surface area contributed by atoms with Gasteiger partial charge in [-0.25, -0.2) is 0 Å². The fraction of sp³-hybridized carbons (Fsp3) is 0.923. The lowest BCUT2D eigenvalue weighted by Gasteiger charge is -2.33. The molecule has 0 fully saturated rings. The van der Waals surface area contributed by atoms with Crippen molar-refractivity contribution in [1.82, 2.24) is 10.2 Å². The van der Waals surface area contributed by atoms with Crippen molar-refractivity contribution in [2.24, 2.45) is 5.73 Å². The van der Waals surface area contributed by atoms with E-state index in [1.807, 2.05) is 13.8 Å². The van der Waals surface area contributed by atoms with E-state index in [4.69, 9.17) is 5.73 Å². The molecule has 0 heterocycles. The summed E-state index contributed by atoms with van der Waals surface area (Å²) in [4.78, 5) is 14.0. The molecule has 0 bridgehead atoms. The highest BCUT2D eigenvalue weighted by molar-refractivity contribution is 5.76. The van der Waals surface area contributed by atoms with Crippen molar-refractivity contribution in [3.63, 3.8) is 0 Å². The van der Waals surface area contributed by atoms with Crippen LogP contribution in [0.5, 0.6) is 0 Å². The molecule has 0 aromatic carbocycles. The molecular weight excluding hydrogens is 214 g/mol. The third-order valence-corrected chi connectivity index (χ3v) is 3.24. The normalized spacial score (nSPS) is 13.5. The van der Waals surface area contributed by atoms with Crippen molar-refractivity contribution < 1.29 is 4.79 Å².